The summed E-state index contributed by atoms with van der Waals surface area (Å²) in [7, 11) is 1.65. The van der Waals surface area contributed by atoms with Gasteiger partial charge in [-0.05, 0) is 25.1 Å². The number of aromatic nitrogens is 1. The monoisotopic (exact) mass is 346 g/mol. The highest BCUT2D eigenvalue weighted by atomic mass is 19.1. The maximum atomic E-state index is 13.3. The molecule has 0 aliphatic carbocycles. The lowest BCUT2D eigenvalue weighted by Gasteiger charge is -2.12. The second-order valence-electron chi connectivity index (χ2n) is 5.14. The summed E-state index contributed by atoms with van der Waals surface area (Å²) in [6.45, 7) is 4.36. The van der Waals surface area contributed by atoms with Crippen molar-refractivity contribution in [1.82, 2.24) is 15.6 Å². The van der Waals surface area contributed by atoms with Crippen molar-refractivity contribution in [3.05, 3.63) is 54.0 Å². The number of aliphatic imine (C=N–C) groups is 1. The molecule has 0 atom stereocenters. The Morgan fingerprint density at radius 2 is 2.12 bits per heavy atom. The van der Waals surface area contributed by atoms with Crippen LogP contribution in [-0.4, -0.2) is 37.7 Å². The summed E-state index contributed by atoms with van der Waals surface area (Å²) in [5, 5.41) is 6.33. The molecule has 0 unspecified atom stereocenters. The highest BCUT2D eigenvalue weighted by molar-refractivity contribution is 5.79. The van der Waals surface area contributed by atoms with Crippen LogP contribution in [0, 0.1) is 5.82 Å². The van der Waals surface area contributed by atoms with E-state index in [9.17, 15) is 4.39 Å². The molecule has 0 radical (unpaired) electrons. The number of halogens is 1. The summed E-state index contributed by atoms with van der Waals surface area (Å²) in [5.41, 5.74) is 0.802. The fourth-order valence-electron chi connectivity index (χ4n) is 2.06. The summed E-state index contributed by atoms with van der Waals surface area (Å²) < 4.78 is 24.0. The fraction of sp³-hybridized carbons (Fsp3) is 0.333. The Morgan fingerprint density at radius 3 is 2.88 bits per heavy atom. The lowest BCUT2D eigenvalue weighted by atomic mass is 10.2. The molecule has 0 aliphatic heterocycles. The van der Waals surface area contributed by atoms with Crippen molar-refractivity contribution in [2.75, 3.05) is 26.8 Å². The van der Waals surface area contributed by atoms with Crippen molar-refractivity contribution in [3.8, 4) is 11.6 Å². The third-order valence-electron chi connectivity index (χ3n) is 3.21. The number of rotatable bonds is 8. The van der Waals surface area contributed by atoms with Gasteiger partial charge in [-0.2, -0.15) is 0 Å². The van der Waals surface area contributed by atoms with Crippen molar-refractivity contribution >= 4 is 5.96 Å². The minimum atomic E-state index is -0.357. The average Bonchev–Trinajstić information content (AvgIpc) is 2.61. The third kappa shape index (κ3) is 6.39. The van der Waals surface area contributed by atoms with Gasteiger partial charge in [-0.15, -0.1) is 0 Å². The topological polar surface area (TPSA) is 67.8 Å². The predicted molar refractivity (Wildman–Crippen MR) is 95.4 cm³/mol. The van der Waals surface area contributed by atoms with Crippen LogP contribution in [0.4, 0.5) is 4.39 Å². The summed E-state index contributed by atoms with van der Waals surface area (Å²) >= 11 is 0. The van der Waals surface area contributed by atoms with Crippen LogP contribution in [0.15, 0.2) is 47.6 Å². The lowest BCUT2D eigenvalue weighted by molar-refractivity contribution is 0.203. The standard InChI is InChI=1S/C18H23FN4O2/c1-3-20-18(22-10-11-24-2)23-13-14-6-5-9-21-17(14)25-16-8-4-7-15(19)12-16/h4-9,12H,3,10-11,13H2,1-2H3,(H2,20,22,23). The van der Waals surface area contributed by atoms with E-state index in [-0.39, 0.29) is 5.82 Å². The minimum Gasteiger partial charge on any atom is -0.439 e. The van der Waals surface area contributed by atoms with Gasteiger partial charge in [0, 0.05) is 38.0 Å². The Balaban J connectivity index is 2.09. The Morgan fingerprint density at radius 1 is 1.24 bits per heavy atom. The smallest absolute Gasteiger partial charge is 0.224 e. The SMILES string of the molecule is CCNC(=NCc1cccnc1Oc1cccc(F)c1)NCCOC. The van der Waals surface area contributed by atoms with Gasteiger partial charge >= 0.3 is 0 Å². The van der Waals surface area contributed by atoms with Gasteiger partial charge < -0.3 is 20.1 Å². The molecule has 0 spiro atoms. The number of pyridine rings is 1. The normalized spacial score (nSPS) is 11.2. The molecule has 0 amide bonds. The van der Waals surface area contributed by atoms with Gasteiger partial charge in [0.1, 0.15) is 11.6 Å². The van der Waals surface area contributed by atoms with Gasteiger partial charge in [-0.3, -0.25) is 0 Å². The quantitative estimate of drug-likeness (QED) is 0.437. The van der Waals surface area contributed by atoms with Crippen LogP contribution in [0.5, 0.6) is 11.6 Å². The van der Waals surface area contributed by atoms with Crippen molar-refractivity contribution in [2.24, 2.45) is 4.99 Å². The highest BCUT2D eigenvalue weighted by Crippen LogP contribution is 2.23. The first-order chi connectivity index (χ1) is 12.2. The summed E-state index contributed by atoms with van der Waals surface area (Å²) in [4.78, 5) is 8.75. The maximum Gasteiger partial charge on any atom is 0.224 e. The van der Waals surface area contributed by atoms with Crippen molar-refractivity contribution in [2.45, 2.75) is 13.5 Å². The first-order valence-electron chi connectivity index (χ1n) is 8.11. The molecule has 134 valence electrons. The van der Waals surface area contributed by atoms with Gasteiger partial charge in [-0.25, -0.2) is 14.4 Å². The van der Waals surface area contributed by atoms with Crippen LogP contribution in [0.2, 0.25) is 0 Å². The van der Waals surface area contributed by atoms with E-state index >= 15 is 0 Å². The summed E-state index contributed by atoms with van der Waals surface area (Å²) in [5.74, 6) is 1.13. The van der Waals surface area contributed by atoms with Crippen LogP contribution in [0.25, 0.3) is 0 Å². The van der Waals surface area contributed by atoms with E-state index in [0.29, 0.717) is 37.3 Å². The van der Waals surface area contributed by atoms with E-state index < -0.39 is 0 Å². The predicted octanol–water partition coefficient (Wildman–Crippen LogP) is 2.71. The number of guanidine groups is 1. The number of hydrogen-bond acceptors (Lipinski definition) is 4. The minimum absolute atomic E-state index is 0.357. The molecule has 0 saturated heterocycles. The molecule has 2 N–H and O–H groups in total. The first-order valence-corrected chi connectivity index (χ1v) is 8.11. The second kappa shape index (κ2) is 10.2. The van der Waals surface area contributed by atoms with Gasteiger partial charge in [0.05, 0.1) is 13.2 Å². The molecular formula is C18H23FN4O2. The van der Waals surface area contributed by atoms with E-state index in [4.69, 9.17) is 9.47 Å². The molecule has 6 nitrogen and oxygen atoms in total. The molecule has 25 heavy (non-hydrogen) atoms. The maximum absolute atomic E-state index is 13.3. The molecule has 7 heteroatoms. The zero-order chi connectivity index (χ0) is 17.9. The Hall–Kier alpha value is -2.67. The number of nitrogens with one attached hydrogen (secondary N) is 2. The van der Waals surface area contributed by atoms with Crippen LogP contribution in [0.3, 0.4) is 0 Å². The largest absolute Gasteiger partial charge is 0.439 e. The first kappa shape index (κ1) is 18.7. The van der Waals surface area contributed by atoms with Crippen LogP contribution >= 0.6 is 0 Å². The Labute approximate surface area is 147 Å². The molecule has 2 rings (SSSR count). The molecule has 2 aromatic rings. The van der Waals surface area contributed by atoms with E-state index in [2.05, 4.69) is 20.6 Å². The molecule has 0 saturated carbocycles. The van der Waals surface area contributed by atoms with Gasteiger partial charge in [0.2, 0.25) is 5.88 Å². The van der Waals surface area contributed by atoms with Gasteiger partial charge in [0.25, 0.3) is 0 Å². The number of ether oxygens (including phenoxy) is 2. The lowest BCUT2D eigenvalue weighted by Crippen LogP contribution is -2.38. The Bertz CT molecular complexity index is 694. The zero-order valence-corrected chi connectivity index (χ0v) is 14.5. The van der Waals surface area contributed by atoms with Crippen molar-refractivity contribution < 1.29 is 13.9 Å². The van der Waals surface area contributed by atoms with E-state index in [1.807, 2.05) is 19.1 Å². The highest BCUT2D eigenvalue weighted by Gasteiger charge is 2.07. The molecule has 1 aromatic heterocycles. The van der Waals surface area contributed by atoms with Gasteiger partial charge in [-0.1, -0.05) is 12.1 Å². The second-order valence-corrected chi connectivity index (χ2v) is 5.14. The van der Waals surface area contributed by atoms with Crippen molar-refractivity contribution in [3.63, 3.8) is 0 Å². The molecule has 0 fully saturated rings. The fourth-order valence-corrected chi connectivity index (χ4v) is 2.06. The van der Waals surface area contributed by atoms with Crippen LogP contribution in [0.1, 0.15) is 12.5 Å². The molecule has 1 heterocycles. The Kier molecular flexibility index (Phi) is 7.65. The number of benzene rings is 1. The van der Waals surface area contributed by atoms with Crippen LogP contribution in [-0.2, 0) is 11.3 Å². The summed E-state index contributed by atoms with van der Waals surface area (Å²) in [6, 6.07) is 9.65. The summed E-state index contributed by atoms with van der Waals surface area (Å²) in [6.07, 6.45) is 1.63. The van der Waals surface area contributed by atoms with Crippen LogP contribution < -0.4 is 15.4 Å². The van der Waals surface area contributed by atoms with E-state index in [1.54, 1.807) is 25.4 Å². The average molecular weight is 346 g/mol. The van der Waals surface area contributed by atoms with Gasteiger partial charge in [0.15, 0.2) is 5.96 Å². The molecule has 1 aromatic carbocycles. The number of nitrogens with zero attached hydrogens (tertiary/aromatic N) is 2. The molecule has 0 aliphatic rings. The van der Waals surface area contributed by atoms with E-state index in [1.165, 1.54) is 12.1 Å². The molecule has 0 bridgehead atoms. The number of methoxy groups -OCH3 is 1. The number of hydrogen-bond donors (Lipinski definition) is 2. The van der Waals surface area contributed by atoms with Crippen molar-refractivity contribution in [1.29, 1.82) is 0 Å². The third-order valence-corrected chi connectivity index (χ3v) is 3.21. The molecular weight excluding hydrogens is 323 g/mol. The zero-order valence-electron chi connectivity index (χ0n) is 14.5. The van der Waals surface area contributed by atoms with E-state index in [0.717, 1.165) is 12.1 Å².